The maximum atomic E-state index is 12.8. The molecule has 0 unspecified atom stereocenters. The van der Waals surface area contributed by atoms with E-state index in [0.717, 1.165) is 5.76 Å². The Morgan fingerprint density at radius 3 is 2.25 bits per heavy atom. The molecule has 0 N–H and O–H groups in total. The van der Waals surface area contributed by atoms with Crippen molar-refractivity contribution in [2.75, 3.05) is 7.11 Å². The summed E-state index contributed by atoms with van der Waals surface area (Å²) in [5.41, 5.74) is 0.449. The van der Waals surface area contributed by atoms with Gasteiger partial charge in [0, 0.05) is 23.8 Å². The Morgan fingerprint density at radius 1 is 1.17 bits per heavy atom. The quantitative estimate of drug-likeness (QED) is 0.715. The van der Waals surface area contributed by atoms with E-state index in [0.29, 0.717) is 12.0 Å². The van der Waals surface area contributed by atoms with Crippen LogP contribution in [-0.4, -0.2) is 27.0 Å². The molecule has 0 spiro atoms. The molecule has 0 amide bonds. The third-order valence-corrected chi connectivity index (χ3v) is 10.2. The summed E-state index contributed by atoms with van der Waals surface area (Å²) in [6.45, 7) is 14.7. The van der Waals surface area contributed by atoms with Crippen LogP contribution in [0.4, 0.5) is 0 Å². The molecule has 5 heteroatoms. The Hall–Kier alpha value is -1.36. The zero-order valence-electron chi connectivity index (χ0n) is 16.1. The fraction of sp³-hybridized carbons (Fsp3) is 0.684. The summed E-state index contributed by atoms with van der Waals surface area (Å²) in [5, 5.41) is 0.0966. The van der Waals surface area contributed by atoms with Gasteiger partial charge >= 0.3 is 0 Å². The Bertz CT molecular complexity index is 622. The highest BCUT2D eigenvalue weighted by Gasteiger charge is 2.48. The third kappa shape index (κ3) is 3.10. The van der Waals surface area contributed by atoms with E-state index in [1.807, 2.05) is 13.0 Å². The number of rotatable bonds is 3. The fourth-order valence-electron chi connectivity index (χ4n) is 3.39. The van der Waals surface area contributed by atoms with Crippen LogP contribution in [0.15, 0.2) is 23.2 Å². The van der Waals surface area contributed by atoms with Crippen LogP contribution in [0.1, 0.15) is 41.0 Å². The van der Waals surface area contributed by atoms with Crippen LogP contribution in [-0.2, 0) is 18.8 Å². The molecule has 0 heterocycles. The Labute approximate surface area is 146 Å². The summed E-state index contributed by atoms with van der Waals surface area (Å²) < 4.78 is 11.6. The molecule has 3 atom stereocenters. The van der Waals surface area contributed by atoms with Crippen LogP contribution in [0.3, 0.4) is 0 Å². The normalized spacial score (nSPS) is 28.5. The van der Waals surface area contributed by atoms with Gasteiger partial charge in [-0.15, -0.1) is 0 Å². The summed E-state index contributed by atoms with van der Waals surface area (Å²) >= 11 is 0. The standard InChI is InChI=1S/C19H30O4Si/c1-11-9-13(23-24(7,8)19(3,4)5)10-14-15(11)17(21)18(22-6)12(2)16(14)20/h9,11,14-15H,10H2,1-8H3/t11-,14+,15-/m0/s1. The molecule has 0 radical (unpaired) electrons. The first-order chi connectivity index (χ1) is 10.9. The molecule has 0 aromatic heterocycles. The summed E-state index contributed by atoms with van der Waals surface area (Å²) in [6, 6.07) is 0. The highest BCUT2D eigenvalue weighted by Crippen LogP contribution is 2.45. The van der Waals surface area contributed by atoms with Crippen molar-refractivity contribution in [2.45, 2.75) is 59.2 Å². The van der Waals surface area contributed by atoms with E-state index in [1.165, 1.54) is 7.11 Å². The first kappa shape index (κ1) is 19.0. The lowest BCUT2D eigenvalue weighted by Crippen LogP contribution is -2.45. The molecule has 0 fully saturated rings. The summed E-state index contributed by atoms with van der Waals surface area (Å²) in [5.74, 6) is 0.403. The number of fused-ring (bicyclic) bond motifs is 1. The molecule has 24 heavy (non-hydrogen) atoms. The topological polar surface area (TPSA) is 52.6 Å². The molecule has 2 aliphatic rings. The van der Waals surface area contributed by atoms with Crippen molar-refractivity contribution in [3.05, 3.63) is 23.2 Å². The van der Waals surface area contributed by atoms with Crippen LogP contribution < -0.4 is 0 Å². The van der Waals surface area contributed by atoms with E-state index in [2.05, 4.69) is 33.9 Å². The molecule has 134 valence electrons. The van der Waals surface area contributed by atoms with Crippen molar-refractivity contribution in [2.24, 2.45) is 17.8 Å². The van der Waals surface area contributed by atoms with Crippen molar-refractivity contribution in [3.8, 4) is 0 Å². The number of carbonyl (C=O) groups is 2. The van der Waals surface area contributed by atoms with Gasteiger partial charge in [-0.1, -0.05) is 27.7 Å². The smallest absolute Gasteiger partial charge is 0.250 e. The minimum atomic E-state index is -1.96. The number of Topliss-reactive ketones (excluding diaryl/α,β-unsaturated/α-hetero) is 2. The minimum absolute atomic E-state index is 0.0210. The molecule has 0 saturated heterocycles. The van der Waals surface area contributed by atoms with Crippen LogP contribution in [0.25, 0.3) is 0 Å². The van der Waals surface area contributed by atoms with Gasteiger partial charge in [0.05, 0.1) is 12.9 Å². The zero-order valence-corrected chi connectivity index (χ0v) is 17.1. The van der Waals surface area contributed by atoms with E-state index in [9.17, 15) is 9.59 Å². The predicted molar refractivity (Wildman–Crippen MR) is 96.8 cm³/mol. The van der Waals surface area contributed by atoms with Gasteiger partial charge in [-0.3, -0.25) is 9.59 Å². The molecule has 2 rings (SSSR count). The van der Waals surface area contributed by atoms with Crippen molar-refractivity contribution >= 4 is 19.9 Å². The highest BCUT2D eigenvalue weighted by molar-refractivity contribution is 6.74. The molecular formula is C19H30O4Si. The number of methoxy groups -OCH3 is 1. The van der Waals surface area contributed by atoms with E-state index in [4.69, 9.17) is 9.16 Å². The molecule has 2 aliphatic carbocycles. The van der Waals surface area contributed by atoms with Crippen LogP contribution in [0.5, 0.6) is 0 Å². The molecule has 0 saturated carbocycles. The lowest BCUT2D eigenvalue weighted by atomic mass is 9.67. The SMILES string of the molecule is COC1=C(C)C(=O)[C@@H]2CC(O[Si](C)(C)C(C)(C)C)=C[C@H](C)[C@@H]2C1=O. The summed E-state index contributed by atoms with van der Waals surface area (Å²) in [6.07, 6.45) is 2.56. The van der Waals surface area contributed by atoms with Crippen molar-refractivity contribution in [1.29, 1.82) is 0 Å². The Kier molecular flexibility index (Phi) is 4.88. The number of ketones is 2. The second-order valence-electron chi connectivity index (χ2n) is 8.58. The predicted octanol–water partition coefficient (Wildman–Crippen LogP) is 4.24. The summed E-state index contributed by atoms with van der Waals surface area (Å²) in [7, 11) is -0.498. The van der Waals surface area contributed by atoms with E-state index < -0.39 is 8.32 Å². The average molecular weight is 351 g/mol. The first-order valence-electron chi connectivity index (χ1n) is 8.63. The second-order valence-corrected chi connectivity index (χ2v) is 13.3. The van der Waals surface area contributed by atoms with E-state index in [-0.39, 0.29) is 40.1 Å². The molecular weight excluding hydrogens is 320 g/mol. The number of carbonyl (C=O) groups excluding carboxylic acids is 2. The molecule has 0 bridgehead atoms. The lowest BCUT2D eigenvalue weighted by molar-refractivity contribution is -0.135. The maximum absolute atomic E-state index is 12.8. The minimum Gasteiger partial charge on any atom is -0.547 e. The molecule has 0 aliphatic heterocycles. The maximum Gasteiger partial charge on any atom is 0.250 e. The van der Waals surface area contributed by atoms with Crippen molar-refractivity contribution < 1.29 is 18.8 Å². The lowest BCUT2D eigenvalue weighted by Gasteiger charge is -2.42. The number of allylic oxidation sites excluding steroid dienone is 4. The number of ether oxygens (including phenoxy) is 1. The van der Waals surface area contributed by atoms with Gasteiger partial charge in [-0.2, -0.15) is 0 Å². The van der Waals surface area contributed by atoms with E-state index >= 15 is 0 Å². The van der Waals surface area contributed by atoms with Crippen LogP contribution >= 0.6 is 0 Å². The van der Waals surface area contributed by atoms with Gasteiger partial charge < -0.3 is 9.16 Å². The van der Waals surface area contributed by atoms with Gasteiger partial charge in [-0.05, 0) is 37.0 Å². The number of hydrogen-bond acceptors (Lipinski definition) is 4. The highest BCUT2D eigenvalue weighted by atomic mass is 28.4. The average Bonchev–Trinajstić information content (AvgIpc) is 2.43. The number of hydrogen-bond donors (Lipinski definition) is 0. The van der Waals surface area contributed by atoms with Gasteiger partial charge in [0.2, 0.25) is 14.1 Å². The van der Waals surface area contributed by atoms with E-state index in [1.54, 1.807) is 6.92 Å². The van der Waals surface area contributed by atoms with Crippen molar-refractivity contribution in [1.82, 2.24) is 0 Å². The zero-order chi connectivity index (χ0) is 18.4. The Balaban J connectivity index is 2.33. The van der Waals surface area contributed by atoms with Crippen LogP contribution in [0.2, 0.25) is 18.1 Å². The van der Waals surface area contributed by atoms with Gasteiger partial charge in [0.15, 0.2) is 11.5 Å². The first-order valence-corrected chi connectivity index (χ1v) is 11.5. The monoisotopic (exact) mass is 350 g/mol. The summed E-state index contributed by atoms with van der Waals surface area (Å²) in [4.78, 5) is 25.5. The Morgan fingerprint density at radius 2 is 1.75 bits per heavy atom. The van der Waals surface area contributed by atoms with Gasteiger partial charge in [0.1, 0.15) is 0 Å². The molecule has 0 aromatic carbocycles. The molecule has 4 nitrogen and oxygen atoms in total. The fourth-order valence-corrected chi connectivity index (χ4v) is 4.50. The second kappa shape index (κ2) is 6.17. The largest absolute Gasteiger partial charge is 0.547 e. The van der Waals surface area contributed by atoms with Crippen molar-refractivity contribution in [3.63, 3.8) is 0 Å². The van der Waals surface area contributed by atoms with Gasteiger partial charge in [-0.25, -0.2) is 0 Å². The molecule has 0 aromatic rings. The van der Waals surface area contributed by atoms with Gasteiger partial charge in [0.25, 0.3) is 0 Å². The van der Waals surface area contributed by atoms with Crippen LogP contribution in [0, 0.1) is 17.8 Å². The third-order valence-electron chi connectivity index (χ3n) is 5.84.